The molecular weight excluding hydrogens is 180 g/mol. The number of esters is 1. The highest BCUT2D eigenvalue weighted by atomic mass is 16.5. The highest BCUT2D eigenvalue weighted by molar-refractivity contribution is 5.66. The molecule has 0 spiro atoms. The second-order valence-electron chi connectivity index (χ2n) is 3.93. The quantitative estimate of drug-likeness (QED) is 0.474. The maximum Gasteiger partial charge on any atom is 0.303 e. The lowest BCUT2D eigenvalue weighted by atomic mass is 9.90. The summed E-state index contributed by atoms with van der Waals surface area (Å²) in [4.78, 5) is 10.8. The molecule has 0 radical (unpaired) electrons. The van der Waals surface area contributed by atoms with E-state index in [1.807, 2.05) is 0 Å². The summed E-state index contributed by atoms with van der Waals surface area (Å²) < 4.78 is 10.8. The third-order valence-electron chi connectivity index (χ3n) is 2.77. The van der Waals surface area contributed by atoms with Gasteiger partial charge in [-0.2, -0.15) is 0 Å². The minimum atomic E-state index is -0.193. The van der Waals surface area contributed by atoms with Crippen LogP contribution in [0.25, 0.3) is 0 Å². The summed E-state index contributed by atoms with van der Waals surface area (Å²) >= 11 is 0. The molecule has 2 rings (SSSR count). The fraction of sp³-hybridized carbons (Fsp3) is 0.727. The molecule has 2 atom stereocenters. The van der Waals surface area contributed by atoms with Crippen LogP contribution in [-0.2, 0) is 14.3 Å². The largest absolute Gasteiger partial charge is 0.458 e. The zero-order valence-electron chi connectivity index (χ0n) is 8.49. The van der Waals surface area contributed by atoms with Gasteiger partial charge in [-0.05, 0) is 37.3 Å². The van der Waals surface area contributed by atoms with E-state index in [1.54, 1.807) is 0 Å². The number of carbonyl (C=O) groups excluding carboxylic acids is 1. The van der Waals surface area contributed by atoms with Gasteiger partial charge in [-0.1, -0.05) is 0 Å². The summed E-state index contributed by atoms with van der Waals surface area (Å²) in [5.41, 5.74) is 1.33. The lowest BCUT2D eigenvalue weighted by Gasteiger charge is -2.31. The molecule has 0 aromatic heterocycles. The van der Waals surface area contributed by atoms with E-state index in [2.05, 4.69) is 6.08 Å². The van der Waals surface area contributed by atoms with Gasteiger partial charge in [0.05, 0.1) is 6.10 Å². The van der Waals surface area contributed by atoms with Crippen molar-refractivity contribution in [1.29, 1.82) is 0 Å². The molecule has 3 heteroatoms. The Hall–Kier alpha value is -0.830. The third-order valence-corrected chi connectivity index (χ3v) is 2.77. The summed E-state index contributed by atoms with van der Waals surface area (Å²) in [7, 11) is 0. The molecule has 0 amide bonds. The summed E-state index contributed by atoms with van der Waals surface area (Å²) in [5, 5.41) is 0. The maximum absolute atomic E-state index is 10.8. The van der Waals surface area contributed by atoms with Crippen molar-refractivity contribution < 1.29 is 14.3 Å². The van der Waals surface area contributed by atoms with Crippen LogP contribution < -0.4 is 0 Å². The van der Waals surface area contributed by atoms with E-state index >= 15 is 0 Å². The molecule has 0 saturated carbocycles. The predicted octanol–water partition coefficient (Wildman–Crippen LogP) is 1.82. The van der Waals surface area contributed by atoms with Gasteiger partial charge in [-0.3, -0.25) is 4.79 Å². The van der Waals surface area contributed by atoms with Crippen molar-refractivity contribution >= 4 is 5.97 Å². The molecule has 1 heterocycles. The fourth-order valence-corrected chi connectivity index (χ4v) is 2.17. The van der Waals surface area contributed by atoms with Gasteiger partial charge in [0.2, 0.25) is 0 Å². The Kier molecular flexibility index (Phi) is 2.87. The first-order valence-electron chi connectivity index (χ1n) is 5.25. The molecule has 2 aliphatic rings. The van der Waals surface area contributed by atoms with E-state index in [-0.39, 0.29) is 12.1 Å². The highest BCUT2D eigenvalue weighted by Crippen LogP contribution is 2.29. The van der Waals surface area contributed by atoms with Gasteiger partial charge in [-0.15, -0.1) is 0 Å². The lowest BCUT2D eigenvalue weighted by Crippen LogP contribution is -2.30. The number of hydrogen-bond acceptors (Lipinski definition) is 3. The highest BCUT2D eigenvalue weighted by Gasteiger charge is 2.26. The van der Waals surface area contributed by atoms with Crippen LogP contribution in [0.15, 0.2) is 11.6 Å². The van der Waals surface area contributed by atoms with Crippen LogP contribution in [0.5, 0.6) is 0 Å². The number of hydrogen-bond donors (Lipinski definition) is 0. The van der Waals surface area contributed by atoms with Gasteiger partial charge < -0.3 is 9.47 Å². The molecule has 1 aliphatic heterocycles. The summed E-state index contributed by atoms with van der Waals surface area (Å²) in [6.45, 7) is 2.34. The van der Waals surface area contributed by atoms with Crippen LogP contribution in [0.2, 0.25) is 0 Å². The second-order valence-corrected chi connectivity index (χ2v) is 3.93. The average Bonchev–Trinajstić information content (AvgIpc) is 2.17. The van der Waals surface area contributed by atoms with Crippen LogP contribution in [0, 0.1) is 0 Å². The monoisotopic (exact) mass is 196 g/mol. The van der Waals surface area contributed by atoms with E-state index in [9.17, 15) is 4.79 Å². The number of rotatable bonds is 1. The van der Waals surface area contributed by atoms with Crippen molar-refractivity contribution in [2.75, 3.05) is 6.61 Å². The van der Waals surface area contributed by atoms with Crippen molar-refractivity contribution in [3.8, 4) is 0 Å². The van der Waals surface area contributed by atoms with Crippen molar-refractivity contribution in [2.24, 2.45) is 0 Å². The SMILES string of the molecule is CC(=O)O[C@@H]1C=C2CCCO[C@H]2CC1. The van der Waals surface area contributed by atoms with Gasteiger partial charge in [0.15, 0.2) is 0 Å². The van der Waals surface area contributed by atoms with Crippen LogP contribution in [-0.4, -0.2) is 24.8 Å². The van der Waals surface area contributed by atoms with E-state index in [1.165, 1.54) is 12.5 Å². The summed E-state index contributed by atoms with van der Waals surface area (Å²) in [5.74, 6) is -0.193. The lowest BCUT2D eigenvalue weighted by molar-refractivity contribution is -0.145. The first-order valence-corrected chi connectivity index (χ1v) is 5.25. The van der Waals surface area contributed by atoms with Crippen LogP contribution in [0.3, 0.4) is 0 Å². The molecule has 1 saturated heterocycles. The van der Waals surface area contributed by atoms with Gasteiger partial charge in [0.1, 0.15) is 6.10 Å². The van der Waals surface area contributed by atoms with Gasteiger partial charge in [0, 0.05) is 13.5 Å². The zero-order chi connectivity index (χ0) is 9.97. The van der Waals surface area contributed by atoms with Gasteiger partial charge >= 0.3 is 5.97 Å². The molecule has 0 unspecified atom stereocenters. The topological polar surface area (TPSA) is 35.5 Å². The third kappa shape index (κ3) is 2.15. The summed E-state index contributed by atoms with van der Waals surface area (Å²) in [6.07, 6.45) is 6.44. The van der Waals surface area contributed by atoms with Crippen molar-refractivity contribution in [3.05, 3.63) is 11.6 Å². The molecule has 1 fully saturated rings. The van der Waals surface area contributed by atoms with E-state index in [4.69, 9.17) is 9.47 Å². The Balaban J connectivity index is 2.00. The fourth-order valence-electron chi connectivity index (χ4n) is 2.17. The zero-order valence-corrected chi connectivity index (χ0v) is 8.49. The maximum atomic E-state index is 10.8. The number of fused-ring (bicyclic) bond motifs is 1. The predicted molar refractivity (Wildman–Crippen MR) is 51.8 cm³/mol. The van der Waals surface area contributed by atoms with Crippen LogP contribution in [0.1, 0.15) is 32.6 Å². The first kappa shape index (κ1) is 9.71. The van der Waals surface area contributed by atoms with E-state index in [0.717, 1.165) is 32.3 Å². The molecule has 0 aromatic rings. The van der Waals surface area contributed by atoms with Crippen molar-refractivity contribution in [3.63, 3.8) is 0 Å². The van der Waals surface area contributed by atoms with Gasteiger partial charge in [-0.25, -0.2) is 0 Å². The van der Waals surface area contributed by atoms with Crippen LogP contribution in [0.4, 0.5) is 0 Å². The minimum absolute atomic E-state index is 0.0135. The smallest absolute Gasteiger partial charge is 0.303 e. The number of ether oxygens (including phenoxy) is 2. The Bertz CT molecular complexity index is 257. The number of carbonyl (C=O) groups is 1. The van der Waals surface area contributed by atoms with E-state index in [0.29, 0.717) is 6.10 Å². The standard InChI is InChI=1S/C11H16O3/c1-8(12)14-10-4-5-11-9(7-10)3-2-6-13-11/h7,10-11H,2-6H2,1H3/t10-,11-/m0/s1. The first-order chi connectivity index (χ1) is 6.75. The molecule has 0 N–H and O–H groups in total. The molecule has 0 aromatic carbocycles. The second kappa shape index (κ2) is 4.13. The molecule has 1 aliphatic carbocycles. The summed E-state index contributed by atoms with van der Waals surface area (Å²) in [6, 6.07) is 0. The Morgan fingerprint density at radius 1 is 1.57 bits per heavy atom. The van der Waals surface area contributed by atoms with Gasteiger partial charge in [0.25, 0.3) is 0 Å². The Morgan fingerprint density at radius 2 is 2.43 bits per heavy atom. The minimum Gasteiger partial charge on any atom is -0.458 e. The molecular formula is C11H16O3. The van der Waals surface area contributed by atoms with Crippen molar-refractivity contribution in [1.82, 2.24) is 0 Å². The molecule has 14 heavy (non-hydrogen) atoms. The van der Waals surface area contributed by atoms with E-state index < -0.39 is 0 Å². The Morgan fingerprint density at radius 3 is 3.21 bits per heavy atom. The van der Waals surface area contributed by atoms with Crippen molar-refractivity contribution in [2.45, 2.75) is 44.8 Å². The average molecular weight is 196 g/mol. The Labute approximate surface area is 84.1 Å². The molecule has 78 valence electrons. The van der Waals surface area contributed by atoms with Crippen LogP contribution >= 0.6 is 0 Å². The molecule has 3 nitrogen and oxygen atoms in total. The molecule has 0 bridgehead atoms. The normalized spacial score (nSPS) is 31.6.